The van der Waals surface area contributed by atoms with E-state index in [0.717, 1.165) is 24.7 Å². The Labute approximate surface area is 91.8 Å². The average molecular weight is 207 g/mol. The molecule has 3 fully saturated rings. The van der Waals surface area contributed by atoms with Crippen LogP contribution < -0.4 is 5.32 Å². The number of hydrogen-bond donors (Lipinski definition) is 1. The zero-order chi connectivity index (χ0) is 10.3. The van der Waals surface area contributed by atoms with Gasteiger partial charge in [0.25, 0.3) is 0 Å². The van der Waals surface area contributed by atoms with Gasteiger partial charge in [-0.3, -0.25) is 4.79 Å². The van der Waals surface area contributed by atoms with Crippen LogP contribution in [0.4, 0.5) is 0 Å². The summed E-state index contributed by atoms with van der Waals surface area (Å²) in [7, 11) is 0. The van der Waals surface area contributed by atoms with Crippen LogP contribution in [0.3, 0.4) is 0 Å². The molecular weight excluding hydrogens is 186 g/mol. The molecule has 0 aromatic rings. The molecule has 84 valence electrons. The Morgan fingerprint density at radius 1 is 1.00 bits per heavy atom. The Kier molecular flexibility index (Phi) is 2.45. The first-order valence-electron chi connectivity index (χ1n) is 6.63. The largest absolute Gasteiger partial charge is 0.353 e. The fourth-order valence-corrected chi connectivity index (χ4v) is 3.91. The predicted octanol–water partition coefficient (Wildman–Crippen LogP) is 2.48. The molecule has 2 bridgehead atoms. The first-order chi connectivity index (χ1) is 7.33. The first kappa shape index (κ1) is 9.68. The summed E-state index contributed by atoms with van der Waals surface area (Å²) in [5.74, 6) is 2.47. The van der Waals surface area contributed by atoms with Crippen molar-refractivity contribution in [3.8, 4) is 0 Å². The molecule has 3 aliphatic rings. The van der Waals surface area contributed by atoms with Crippen LogP contribution >= 0.6 is 0 Å². The van der Waals surface area contributed by atoms with E-state index >= 15 is 0 Å². The molecule has 3 rings (SSSR count). The molecule has 1 amide bonds. The number of amides is 1. The fourth-order valence-electron chi connectivity index (χ4n) is 3.91. The minimum Gasteiger partial charge on any atom is -0.353 e. The van der Waals surface area contributed by atoms with Gasteiger partial charge < -0.3 is 5.32 Å². The molecule has 0 unspecified atom stereocenters. The van der Waals surface area contributed by atoms with E-state index in [-0.39, 0.29) is 0 Å². The van der Waals surface area contributed by atoms with Crippen molar-refractivity contribution in [2.75, 3.05) is 0 Å². The van der Waals surface area contributed by atoms with Gasteiger partial charge in [-0.15, -0.1) is 0 Å². The minimum absolute atomic E-state index is 0.351. The van der Waals surface area contributed by atoms with Crippen molar-refractivity contribution in [2.24, 2.45) is 17.8 Å². The van der Waals surface area contributed by atoms with Gasteiger partial charge in [0.1, 0.15) is 0 Å². The van der Waals surface area contributed by atoms with Gasteiger partial charge in [0, 0.05) is 12.0 Å². The minimum atomic E-state index is 0.351. The molecule has 3 aliphatic carbocycles. The summed E-state index contributed by atoms with van der Waals surface area (Å²) in [6.07, 6.45) is 10.2. The normalized spacial score (nSPS) is 39.9. The highest BCUT2D eigenvalue weighted by Crippen LogP contribution is 2.44. The maximum atomic E-state index is 12.0. The maximum Gasteiger partial charge on any atom is 0.223 e. The lowest BCUT2D eigenvalue weighted by atomic mass is 9.94. The monoisotopic (exact) mass is 207 g/mol. The summed E-state index contributed by atoms with van der Waals surface area (Å²) in [5, 5.41) is 3.31. The van der Waals surface area contributed by atoms with Crippen LogP contribution in [-0.2, 0) is 4.79 Å². The number of carbonyl (C=O) groups is 1. The molecule has 15 heavy (non-hydrogen) atoms. The molecule has 3 saturated carbocycles. The van der Waals surface area contributed by atoms with E-state index in [4.69, 9.17) is 0 Å². The highest BCUT2D eigenvalue weighted by Gasteiger charge is 2.40. The smallest absolute Gasteiger partial charge is 0.223 e. The van der Waals surface area contributed by atoms with Crippen molar-refractivity contribution in [2.45, 2.75) is 57.4 Å². The van der Waals surface area contributed by atoms with E-state index in [1.807, 2.05) is 0 Å². The molecule has 0 aromatic heterocycles. The number of fused-ring (bicyclic) bond motifs is 2. The predicted molar refractivity (Wildman–Crippen MR) is 59.3 cm³/mol. The van der Waals surface area contributed by atoms with E-state index in [2.05, 4.69) is 5.32 Å². The van der Waals surface area contributed by atoms with Crippen LogP contribution in [0.1, 0.15) is 51.4 Å². The van der Waals surface area contributed by atoms with Gasteiger partial charge in [-0.2, -0.15) is 0 Å². The summed E-state index contributed by atoms with van der Waals surface area (Å²) >= 11 is 0. The molecule has 0 spiro atoms. The average Bonchev–Trinajstić information content (AvgIpc) is 2.95. The molecule has 1 N–H and O–H groups in total. The van der Waals surface area contributed by atoms with Crippen molar-refractivity contribution in [3.05, 3.63) is 0 Å². The zero-order valence-corrected chi connectivity index (χ0v) is 9.37. The Morgan fingerprint density at radius 2 is 1.80 bits per heavy atom. The van der Waals surface area contributed by atoms with Gasteiger partial charge >= 0.3 is 0 Å². The van der Waals surface area contributed by atoms with Gasteiger partial charge in [0.05, 0.1) is 0 Å². The van der Waals surface area contributed by atoms with Gasteiger partial charge in [-0.1, -0.05) is 19.3 Å². The number of rotatable bonds is 2. The Morgan fingerprint density at radius 3 is 2.40 bits per heavy atom. The van der Waals surface area contributed by atoms with Crippen LogP contribution in [0.2, 0.25) is 0 Å². The fraction of sp³-hybridized carbons (Fsp3) is 0.923. The highest BCUT2D eigenvalue weighted by molar-refractivity contribution is 5.79. The molecule has 0 aliphatic heterocycles. The lowest BCUT2D eigenvalue weighted by molar-refractivity contribution is -0.125. The molecule has 0 aromatic carbocycles. The van der Waals surface area contributed by atoms with Crippen LogP contribution in [0, 0.1) is 17.8 Å². The number of nitrogens with one attached hydrogen (secondary N) is 1. The molecule has 0 heterocycles. The molecule has 2 heteroatoms. The molecular formula is C13H21NO. The van der Waals surface area contributed by atoms with Crippen LogP contribution in [0.15, 0.2) is 0 Å². The third-order valence-electron chi connectivity index (χ3n) is 4.79. The lowest BCUT2D eigenvalue weighted by Gasteiger charge is -2.24. The van der Waals surface area contributed by atoms with Gasteiger partial charge in [0.15, 0.2) is 0 Å². The van der Waals surface area contributed by atoms with Crippen LogP contribution in [-0.4, -0.2) is 11.9 Å². The molecule has 2 nitrogen and oxygen atoms in total. The SMILES string of the molecule is O=C(N[C@@H]1C[C@H]2CC[C@H]1C2)C1CCCC1. The first-order valence-corrected chi connectivity index (χ1v) is 6.63. The van der Waals surface area contributed by atoms with Crippen LogP contribution in [0.5, 0.6) is 0 Å². The second-order valence-corrected chi connectivity index (χ2v) is 5.77. The van der Waals surface area contributed by atoms with Crippen molar-refractivity contribution < 1.29 is 4.79 Å². The summed E-state index contributed by atoms with van der Waals surface area (Å²) in [5.41, 5.74) is 0. The van der Waals surface area contributed by atoms with E-state index in [1.165, 1.54) is 38.5 Å². The summed E-state index contributed by atoms with van der Waals surface area (Å²) < 4.78 is 0. The van der Waals surface area contributed by atoms with E-state index < -0.39 is 0 Å². The Balaban J connectivity index is 1.54. The van der Waals surface area contributed by atoms with Crippen molar-refractivity contribution in [1.82, 2.24) is 5.32 Å². The molecule has 0 radical (unpaired) electrons. The third kappa shape index (κ3) is 1.79. The molecule has 0 saturated heterocycles. The van der Waals surface area contributed by atoms with E-state index in [9.17, 15) is 4.79 Å². The van der Waals surface area contributed by atoms with E-state index in [0.29, 0.717) is 17.9 Å². The van der Waals surface area contributed by atoms with Crippen LogP contribution in [0.25, 0.3) is 0 Å². The Bertz CT molecular complexity index is 257. The molecule has 3 atom stereocenters. The van der Waals surface area contributed by atoms with Gasteiger partial charge in [-0.25, -0.2) is 0 Å². The maximum absolute atomic E-state index is 12.0. The second-order valence-electron chi connectivity index (χ2n) is 5.77. The highest BCUT2D eigenvalue weighted by atomic mass is 16.1. The summed E-state index contributed by atoms with van der Waals surface area (Å²) in [6, 6.07) is 0.539. The van der Waals surface area contributed by atoms with Crippen molar-refractivity contribution in [1.29, 1.82) is 0 Å². The van der Waals surface area contributed by atoms with E-state index in [1.54, 1.807) is 0 Å². The van der Waals surface area contributed by atoms with Gasteiger partial charge in [0.2, 0.25) is 5.91 Å². The Hall–Kier alpha value is -0.530. The van der Waals surface area contributed by atoms with Crippen molar-refractivity contribution in [3.63, 3.8) is 0 Å². The number of carbonyl (C=O) groups excluding carboxylic acids is 1. The summed E-state index contributed by atoms with van der Waals surface area (Å²) in [6.45, 7) is 0. The summed E-state index contributed by atoms with van der Waals surface area (Å²) in [4.78, 5) is 12.0. The number of hydrogen-bond acceptors (Lipinski definition) is 1. The standard InChI is InChI=1S/C13H21NO/c15-13(10-3-1-2-4-10)14-12-8-9-5-6-11(12)7-9/h9-12H,1-8H2,(H,14,15)/t9-,11-,12+/m0/s1. The lowest BCUT2D eigenvalue weighted by Crippen LogP contribution is -2.41. The second kappa shape index (κ2) is 3.80. The topological polar surface area (TPSA) is 29.1 Å². The van der Waals surface area contributed by atoms with Gasteiger partial charge in [-0.05, 0) is 43.9 Å². The zero-order valence-electron chi connectivity index (χ0n) is 9.37. The quantitative estimate of drug-likeness (QED) is 0.740. The third-order valence-corrected chi connectivity index (χ3v) is 4.79. The van der Waals surface area contributed by atoms with Crippen molar-refractivity contribution >= 4 is 5.91 Å².